The highest BCUT2D eigenvalue weighted by Gasteiger charge is 2.29. The summed E-state index contributed by atoms with van der Waals surface area (Å²) >= 11 is 0. The van der Waals surface area contributed by atoms with Crippen molar-refractivity contribution in [3.8, 4) is 0 Å². The molecule has 1 aromatic rings. The lowest BCUT2D eigenvalue weighted by atomic mass is 10.2. The number of rotatable bonds is 1. The molecule has 3 nitrogen and oxygen atoms in total. The molecule has 4 heteroatoms. The predicted octanol–water partition coefficient (Wildman–Crippen LogP) is 3.51. The van der Waals surface area contributed by atoms with Crippen molar-refractivity contribution in [2.45, 2.75) is 33.8 Å². The third-order valence-electron chi connectivity index (χ3n) is 2.43. The molecule has 1 fully saturated rings. The second-order valence-electron chi connectivity index (χ2n) is 3.74. The third kappa shape index (κ3) is 2.96. The van der Waals surface area contributed by atoms with E-state index in [9.17, 15) is 9.18 Å². The van der Waals surface area contributed by atoms with Gasteiger partial charge < -0.3 is 4.74 Å². The van der Waals surface area contributed by atoms with E-state index >= 15 is 0 Å². The third-order valence-corrected chi connectivity index (χ3v) is 2.43. The fourth-order valence-corrected chi connectivity index (χ4v) is 1.57. The van der Waals surface area contributed by atoms with E-state index in [1.807, 2.05) is 20.8 Å². The standard InChI is InChI=1S/C11H12FNO2.C2H6/c1-7-3-4-9(5-10(7)12)13-6-8(2)15-11(13)14;1-2/h3-5,8H,6H2,1-2H3;1-2H3. The first-order valence-electron chi connectivity index (χ1n) is 5.82. The van der Waals surface area contributed by atoms with Gasteiger partial charge in [-0.2, -0.15) is 0 Å². The molecular formula is C13H18FNO2. The van der Waals surface area contributed by atoms with Crippen molar-refractivity contribution in [3.05, 3.63) is 29.6 Å². The number of halogens is 1. The Morgan fingerprint density at radius 1 is 1.41 bits per heavy atom. The minimum Gasteiger partial charge on any atom is -0.444 e. The van der Waals surface area contributed by atoms with Gasteiger partial charge in [-0.1, -0.05) is 19.9 Å². The number of aryl methyl sites for hydroxylation is 1. The van der Waals surface area contributed by atoms with E-state index in [0.29, 0.717) is 17.8 Å². The van der Waals surface area contributed by atoms with Gasteiger partial charge in [0, 0.05) is 0 Å². The zero-order valence-corrected chi connectivity index (χ0v) is 10.7. The molecule has 0 radical (unpaired) electrons. The van der Waals surface area contributed by atoms with Gasteiger partial charge in [-0.05, 0) is 31.5 Å². The first-order valence-corrected chi connectivity index (χ1v) is 5.82. The van der Waals surface area contributed by atoms with Crippen LogP contribution in [0.25, 0.3) is 0 Å². The van der Waals surface area contributed by atoms with Gasteiger partial charge in [0.15, 0.2) is 0 Å². The topological polar surface area (TPSA) is 29.5 Å². The number of hydrogen-bond donors (Lipinski definition) is 0. The maximum absolute atomic E-state index is 13.3. The number of anilines is 1. The lowest BCUT2D eigenvalue weighted by Gasteiger charge is -2.13. The Kier molecular flexibility index (Phi) is 4.49. The van der Waals surface area contributed by atoms with E-state index in [-0.39, 0.29) is 11.9 Å². The summed E-state index contributed by atoms with van der Waals surface area (Å²) in [5.41, 5.74) is 1.12. The Hall–Kier alpha value is -1.58. The van der Waals surface area contributed by atoms with Gasteiger partial charge in [0.1, 0.15) is 11.9 Å². The number of benzene rings is 1. The minimum atomic E-state index is -0.411. The Morgan fingerprint density at radius 3 is 2.53 bits per heavy atom. The van der Waals surface area contributed by atoms with Crippen molar-refractivity contribution in [1.82, 2.24) is 0 Å². The zero-order chi connectivity index (χ0) is 13.0. The number of carbonyl (C=O) groups is 1. The molecule has 0 aliphatic carbocycles. The highest BCUT2D eigenvalue weighted by atomic mass is 19.1. The SMILES string of the molecule is CC.Cc1ccc(N2CC(C)OC2=O)cc1F. The Balaban J connectivity index is 0.000000686. The summed E-state index contributed by atoms with van der Waals surface area (Å²) in [6.45, 7) is 7.97. The highest BCUT2D eigenvalue weighted by molar-refractivity contribution is 5.89. The molecule has 0 aromatic heterocycles. The number of amides is 1. The van der Waals surface area contributed by atoms with Crippen molar-refractivity contribution >= 4 is 11.8 Å². The van der Waals surface area contributed by atoms with E-state index in [1.54, 1.807) is 19.1 Å². The Labute approximate surface area is 101 Å². The minimum absolute atomic E-state index is 0.137. The molecule has 17 heavy (non-hydrogen) atoms. The fourth-order valence-electron chi connectivity index (χ4n) is 1.57. The van der Waals surface area contributed by atoms with Crippen LogP contribution in [0, 0.1) is 12.7 Å². The van der Waals surface area contributed by atoms with Crippen LogP contribution < -0.4 is 4.90 Å². The van der Waals surface area contributed by atoms with E-state index < -0.39 is 6.09 Å². The van der Waals surface area contributed by atoms with E-state index in [4.69, 9.17) is 4.74 Å². The number of nitrogens with zero attached hydrogens (tertiary/aromatic N) is 1. The second kappa shape index (κ2) is 5.66. The first-order chi connectivity index (χ1) is 8.08. The van der Waals surface area contributed by atoms with Crippen molar-refractivity contribution in [3.63, 3.8) is 0 Å². The summed E-state index contributed by atoms with van der Waals surface area (Å²) in [6, 6.07) is 4.73. The van der Waals surface area contributed by atoms with Crippen molar-refractivity contribution in [2.24, 2.45) is 0 Å². The van der Waals surface area contributed by atoms with Crippen LogP contribution in [-0.4, -0.2) is 18.7 Å². The molecule has 1 heterocycles. The number of carbonyl (C=O) groups excluding carboxylic acids is 1. The van der Waals surface area contributed by atoms with Gasteiger partial charge in [0.2, 0.25) is 0 Å². The average Bonchev–Trinajstić information content (AvgIpc) is 2.65. The molecule has 0 saturated carbocycles. The molecular weight excluding hydrogens is 221 g/mol. The molecule has 94 valence electrons. The molecule has 1 atom stereocenters. The smallest absolute Gasteiger partial charge is 0.414 e. The molecule has 1 saturated heterocycles. The summed E-state index contributed by atoms with van der Waals surface area (Å²) in [6.07, 6.45) is -0.549. The Morgan fingerprint density at radius 2 is 2.06 bits per heavy atom. The van der Waals surface area contributed by atoms with Crippen LogP contribution in [0.4, 0.5) is 14.9 Å². The van der Waals surface area contributed by atoms with Gasteiger partial charge in [-0.25, -0.2) is 9.18 Å². The monoisotopic (exact) mass is 239 g/mol. The summed E-state index contributed by atoms with van der Waals surface area (Å²) < 4.78 is 18.2. The summed E-state index contributed by atoms with van der Waals surface area (Å²) in [7, 11) is 0. The molecule has 0 spiro atoms. The number of cyclic esters (lactones) is 1. The fraction of sp³-hybridized carbons (Fsp3) is 0.462. The molecule has 1 amide bonds. The van der Waals surface area contributed by atoms with Gasteiger partial charge in [-0.15, -0.1) is 0 Å². The maximum Gasteiger partial charge on any atom is 0.414 e. The van der Waals surface area contributed by atoms with Crippen LogP contribution in [-0.2, 0) is 4.74 Å². The van der Waals surface area contributed by atoms with E-state index in [1.165, 1.54) is 11.0 Å². The van der Waals surface area contributed by atoms with Gasteiger partial charge in [-0.3, -0.25) is 4.90 Å². The van der Waals surface area contributed by atoms with Crippen LogP contribution in [0.2, 0.25) is 0 Å². The van der Waals surface area contributed by atoms with Crippen LogP contribution in [0.15, 0.2) is 18.2 Å². The number of hydrogen-bond acceptors (Lipinski definition) is 2. The zero-order valence-electron chi connectivity index (χ0n) is 10.7. The average molecular weight is 239 g/mol. The van der Waals surface area contributed by atoms with Gasteiger partial charge in [0.05, 0.1) is 12.2 Å². The normalized spacial score (nSPS) is 18.5. The van der Waals surface area contributed by atoms with Crippen LogP contribution in [0.3, 0.4) is 0 Å². The molecule has 1 unspecified atom stereocenters. The molecule has 1 aromatic carbocycles. The predicted molar refractivity (Wildman–Crippen MR) is 65.8 cm³/mol. The molecule has 0 bridgehead atoms. The summed E-state index contributed by atoms with van der Waals surface area (Å²) in [5.74, 6) is -0.306. The van der Waals surface area contributed by atoms with E-state index in [0.717, 1.165) is 0 Å². The molecule has 1 aliphatic heterocycles. The van der Waals surface area contributed by atoms with Gasteiger partial charge >= 0.3 is 6.09 Å². The second-order valence-corrected chi connectivity index (χ2v) is 3.74. The Bertz CT molecular complexity index is 406. The number of ether oxygens (including phenoxy) is 1. The maximum atomic E-state index is 13.3. The summed E-state index contributed by atoms with van der Waals surface area (Å²) in [4.78, 5) is 12.8. The lowest BCUT2D eigenvalue weighted by molar-refractivity contribution is 0.150. The highest BCUT2D eigenvalue weighted by Crippen LogP contribution is 2.23. The molecule has 2 rings (SSSR count). The van der Waals surface area contributed by atoms with Crippen molar-refractivity contribution < 1.29 is 13.9 Å². The molecule has 0 N–H and O–H groups in total. The van der Waals surface area contributed by atoms with Crippen LogP contribution in [0.1, 0.15) is 26.3 Å². The van der Waals surface area contributed by atoms with E-state index in [2.05, 4.69) is 0 Å². The summed E-state index contributed by atoms with van der Waals surface area (Å²) in [5, 5.41) is 0. The van der Waals surface area contributed by atoms with Crippen LogP contribution in [0.5, 0.6) is 0 Å². The van der Waals surface area contributed by atoms with Crippen molar-refractivity contribution in [2.75, 3.05) is 11.4 Å². The molecule has 1 aliphatic rings. The van der Waals surface area contributed by atoms with Crippen LogP contribution >= 0.6 is 0 Å². The first kappa shape index (κ1) is 13.5. The quantitative estimate of drug-likeness (QED) is 0.750. The lowest BCUT2D eigenvalue weighted by Crippen LogP contribution is -2.24. The van der Waals surface area contributed by atoms with Gasteiger partial charge in [0.25, 0.3) is 0 Å². The largest absolute Gasteiger partial charge is 0.444 e. The van der Waals surface area contributed by atoms with Crippen molar-refractivity contribution in [1.29, 1.82) is 0 Å².